The third-order valence-corrected chi connectivity index (χ3v) is 2.87. The Bertz CT molecular complexity index is 356. The Balaban J connectivity index is 1.90. The average Bonchev–Trinajstić information content (AvgIpc) is 2.32. The van der Waals surface area contributed by atoms with Crippen molar-refractivity contribution in [3.8, 4) is 0 Å². The molecule has 0 saturated carbocycles. The molecule has 1 unspecified atom stereocenters. The summed E-state index contributed by atoms with van der Waals surface area (Å²) in [6, 6.07) is 1.67. The summed E-state index contributed by atoms with van der Waals surface area (Å²) in [6.45, 7) is 0.923. The fourth-order valence-electron chi connectivity index (χ4n) is 1.59. The quantitative estimate of drug-likeness (QED) is 0.802. The van der Waals surface area contributed by atoms with E-state index in [4.69, 9.17) is 9.47 Å². The molecule has 1 fully saturated rings. The molecule has 0 amide bonds. The Labute approximate surface area is 102 Å². The minimum absolute atomic E-state index is 0.197. The largest absolute Gasteiger partial charge is 0.353 e. The zero-order chi connectivity index (χ0) is 11.4. The first-order valence-corrected chi connectivity index (χ1v) is 6.08. The number of nitrogens with zero attached hydrogens (tertiary/aromatic N) is 1. The molecule has 3 nitrogen and oxygen atoms in total. The highest BCUT2D eigenvalue weighted by molar-refractivity contribution is 9.10. The van der Waals surface area contributed by atoms with Crippen molar-refractivity contribution in [1.29, 1.82) is 0 Å². The molecule has 16 heavy (non-hydrogen) atoms. The number of aromatic nitrogens is 1. The molecule has 1 aromatic rings. The van der Waals surface area contributed by atoms with Gasteiger partial charge in [-0.25, -0.2) is 4.98 Å². The van der Waals surface area contributed by atoms with E-state index in [1.165, 1.54) is 6.20 Å². The van der Waals surface area contributed by atoms with Gasteiger partial charge in [0.1, 0.15) is 0 Å². The van der Waals surface area contributed by atoms with Crippen molar-refractivity contribution in [2.75, 3.05) is 6.61 Å². The zero-order valence-corrected chi connectivity index (χ0v) is 10.4. The van der Waals surface area contributed by atoms with E-state index in [1.54, 1.807) is 6.07 Å². The molecule has 1 saturated heterocycles. The van der Waals surface area contributed by atoms with Gasteiger partial charge in [-0.05, 0) is 41.3 Å². The highest BCUT2D eigenvalue weighted by atomic mass is 79.9. The van der Waals surface area contributed by atoms with Gasteiger partial charge < -0.3 is 9.47 Å². The molecule has 1 atom stereocenters. The second-order valence-electron chi connectivity index (χ2n) is 3.71. The van der Waals surface area contributed by atoms with E-state index in [2.05, 4.69) is 20.9 Å². The Morgan fingerprint density at radius 1 is 1.56 bits per heavy atom. The third-order valence-electron chi connectivity index (χ3n) is 2.44. The predicted octanol–water partition coefficient (Wildman–Crippen LogP) is 3.03. The van der Waals surface area contributed by atoms with Crippen molar-refractivity contribution in [3.63, 3.8) is 0 Å². The second kappa shape index (κ2) is 5.70. The molecule has 0 bridgehead atoms. The lowest BCUT2D eigenvalue weighted by atomic mass is 10.2. The summed E-state index contributed by atoms with van der Waals surface area (Å²) in [4.78, 5) is 3.61. The van der Waals surface area contributed by atoms with Gasteiger partial charge in [-0.2, -0.15) is 4.39 Å². The number of hydrogen-bond acceptors (Lipinski definition) is 3. The predicted molar refractivity (Wildman–Crippen MR) is 60.3 cm³/mol. The second-order valence-corrected chi connectivity index (χ2v) is 4.63. The van der Waals surface area contributed by atoms with Gasteiger partial charge in [0, 0.05) is 22.8 Å². The maximum absolute atomic E-state index is 13.3. The third kappa shape index (κ3) is 3.23. The van der Waals surface area contributed by atoms with Crippen LogP contribution in [-0.4, -0.2) is 17.9 Å². The normalized spacial score (nSPS) is 21.0. The topological polar surface area (TPSA) is 31.4 Å². The van der Waals surface area contributed by atoms with E-state index in [9.17, 15) is 4.39 Å². The summed E-state index contributed by atoms with van der Waals surface area (Å²) in [7, 11) is 0. The van der Waals surface area contributed by atoms with Gasteiger partial charge >= 0.3 is 0 Å². The van der Waals surface area contributed by atoms with Crippen LogP contribution in [0.25, 0.3) is 0 Å². The van der Waals surface area contributed by atoms with Crippen LogP contribution in [0.15, 0.2) is 16.7 Å². The van der Waals surface area contributed by atoms with Crippen molar-refractivity contribution in [1.82, 2.24) is 4.98 Å². The van der Waals surface area contributed by atoms with Crippen LogP contribution in [0.4, 0.5) is 4.39 Å². The molecular formula is C11H13BrFNO2. The average molecular weight is 290 g/mol. The van der Waals surface area contributed by atoms with Gasteiger partial charge in [0.25, 0.3) is 0 Å². The number of pyridine rings is 1. The first-order valence-electron chi connectivity index (χ1n) is 5.29. The van der Waals surface area contributed by atoms with Crippen molar-refractivity contribution in [2.45, 2.75) is 32.2 Å². The number of hydrogen-bond donors (Lipinski definition) is 0. The molecule has 88 valence electrons. The van der Waals surface area contributed by atoms with Crippen molar-refractivity contribution in [2.24, 2.45) is 0 Å². The Kier molecular flexibility index (Phi) is 4.26. The van der Waals surface area contributed by atoms with E-state index < -0.39 is 5.95 Å². The first-order chi connectivity index (χ1) is 7.75. The monoisotopic (exact) mass is 289 g/mol. The first kappa shape index (κ1) is 12.0. The van der Waals surface area contributed by atoms with Gasteiger partial charge in [-0.1, -0.05) is 0 Å². The summed E-state index contributed by atoms with van der Waals surface area (Å²) in [5.41, 5.74) is 0.448. The minimum Gasteiger partial charge on any atom is -0.353 e. The van der Waals surface area contributed by atoms with E-state index in [0.717, 1.165) is 30.3 Å². The van der Waals surface area contributed by atoms with Crippen LogP contribution in [-0.2, 0) is 16.1 Å². The Hall–Kier alpha value is -0.520. The molecule has 0 aromatic carbocycles. The van der Waals surface area contributed by atoms with Crippen LogP contribution in [0.2, 0.25) is 0 Å². The number of halogens is 2. The minimum atomic E-state index is -0.487. The highest BCUT2D eigenvalue weighted by Crippen LogP contribution is 2.18. The fourth-order valence-corrected chi connectivity index (χ4v) is 1.97. The summed E-state index contributed by atoms with van der Waals surface area (Å²) in [5, 5.41) is 0. The van der Waals surface area contributed by atoms with Gasteiger partial charge in [0.05, 0.1) is 6.61 Å². The fraction of sp³-hybridized carbons (Fsp3) is 0.545. The lowest BCUT2D eigenvalue weighted by Gasteiger charge is -2.22. The molecule has 0 radical (unpaired) electrons. The molecule has 2 heterocycles. The zero-order valence-electron chi connectivity index (χ0n) is 8.79. The maximum atomic E-state index is 13.3. The van der Waals surface area contributed by atoms with Crippen molar-refractivity contribution in [3.05, 3.63) is 28.2 Å². The summed E-state index contributed by atoms with van der Waals surface area (Å²) in [5.74, 6) is -0.487. The van der Waals surface area contributed by atoms with Crippen LogP contribution in [0.3, 0.4) is 0 Å². The molecular weight excluding hydrogens is 277 g/mol. The molecule has 1 aliphatic heterocycles. The Morgan fingerprint density at radius 3 is 3.19 bits per heavy atom. The van der Waals surface area contributed by atoms with Crippen LogP contribution in [0, 0.1) is 5.95 Å². The van der Waals surface area contributed by atoms with Crippen LogP contribution in [0.1, 0.15) is 24.8 Å². The molecule has 0 spiro atoms. The summed E-state index contributed by atoms with van der Waals surface area (Å²) < 4.78 is 24.9. The highest BCUT2D eigenvalue weighted by Gasteiger charge is 2.15. The molecule has 0 N–H and O–H groups in total. The number of rotatable bonds is 3. The van der Waals surface area contributed by atoms with Gasteiger partial charge in [-0.3, -0.25) is 0 Å². The van der Waals surface area contributed by atoms with Gasteiger partial charge in [-0.15, -0.1) is 0 Å². The lowest BCUT2D eigenvalue weighted by Crippen LogP contribution is -2.22. The molecule has 5 heteroatoms. The van der Waals surface area contributed by atoms with Crippen molar-refractivity contribution >= 4 is 15.9 Å². The molecule has 1 aromatic heterocycles. The summed E-state index contributed by atoms with van der Waals surface area (Å²) >= 11 is 3.25. The smallest absolute Gasteiger partial charge is 0.218 e. The van der Waals surface area contributed by atoms with Crippen LogP contribution < -0.4 is 0 Å². The molecule has 1 aliphatic rings. The van der Waals surface area contributed by atoms with E-state index >= 15 is 0 Å². The van der Waals surface area contributed by atoms with Crippen LogP contribution in [0.5, 0.6) is 0 Å². The SMILES string of the molecule is Fc1ncc(Br)cc1COC1CCCCO1. The van der Waals surface area contributed by atoms with E-state index in [-0.39, 0.29) is 12.9 Å². The van der Waals surface area contributed by atoms with Gasteiger partial charge in [0.2, 0.25) is 5.95 Å². The Morgan fingerprint density at radius 2 is 2.44 bits per heavy atom. The summed E-state index contributed by atoms with van der Waals surface area (Å²) in [6.07, 6.45) is 4.28. The lowest BCUT2D eigenvalue weighted by molar-refractivity contribution is -0.169. The van der Waals surface area contributed by atoms with E-state index in [0.29, 0.717) is 5.56 Å². The standard InChI is InChI=1S/C11H13BrFNO2/c12-9-5-8(11(13)14-6-9)7-16-10-3-1-2-4-15-10/h5-6,10H,1-4,7H2. The van der Waals surface area contributed by atoms with E-state index in [1.807, 2.05) is 0 Å². The van der Waals surface area contributed by atoms with Gasteiger partial charge in [0.15, 0.2) is 6.29 Å². The van der Waals surface area contributed by atoms with Crippen molar-refractivity contribution < 1.29 is 13.9 Å². The maximum Gasteiger partial charge on any atom is 0.218 e. The van der Waals surface area contributed by atoms with Crippen LogP contribution >= 0.6 is 15.9 Å². The molecule has 0 aliphatic carbocycles. The number of ether oxygens (including phenoxy) is 2. The molecule has 2 rings (SSSR count).